The van der Waals surface area contributed by atoms with E-state index in [1.807, 2.05) is 11.3 Å². The molecule has 0 aromatic carbocycles. The number of H-pyrrole nitrogens is 1. The van der Waals surface area contributed by atoms with E-state index >= 15 is 0 Å². The highest BCUT2D eigenvalue weighted by atomic mass is 32.1. The molecule has 2 aromatic heterocycles. The first-order chi connectivity index (χ1) is 11.7. The smallest absolute Gasteiger partial charge is 0.300 e. The fourth-order valence-electron chi connectivity index (χ4n) is 2.83. The minimum absolute atomic E-state index is 0.147. The van der Waals surface area contributed by atoms with E-state index in [0.29, 0.717) is 12.0 Å². The van der Waals surface area contributed by atoms with Crippen LogP contribution >= 0.6 is 11.3 Å². The predicted molar refractivity (Wildman–Crippen MR) is 98.4 cm³/mol. The highest BCUT2D eigenvalue weighted by molar-refractivity contribution is 7.12. The Hall–Kier alpha value is -1.86. The molecule has 138 valence electrons. The van der Waals surface area contributed by atoms with Crippen molar-refractivity contribution in [3.8, 4) is 0 Å². The summed E-state index contributed by atoms with van der Waals surface area (Å²) < 4.78 is 5.29. The third-order valence-corrected chi connectivity index (χ3v) is 5.68. The van der Waals surface area contributed by atoms with Gasteiger partial charge in [-0.1, -0.05) is 20.8 Å². The average molecular weight is 366 g/mol. The van der Waals surface area contributed by atoms with Gasteiger partial charge >= 0.3 is 0 Å². The molecule has 6 nitrogen and oxygen atoms in total. The van der Waals surface area contributed by atoms with Crippen LogP contribution in [0.15, 0.2) is 27.5 Å². The van der Waals surface area contributed by atoms with Gasteiger partial charge in [0.1, 0.15) is 5.76 Å². The van der Waals surface area contributed by atoms with Crippen molar-refractivity contribution in [1.82, 2.24) is 10.5 Å². The summed E-state index contributed by atoms with van der Waals surface area (Å²) in [5.74, 6) is 0.273. The van der Waals surface area contributed by atoms with Crippen LogP contribution in [-0.2, 0) is 10.2 Å². The summed E-state index contributed by atoms with van der Waals surface area (Å²) >= 11 is 1.89. The first-order valence-electron chi connectivity index (χ1n) is 8.38. The molecule has 0 bridgehead atoms. The second kappa shape index (κ2) is 8.01. The number of rotatable bonds is 2. The van der Waals surface area contributed by atoms with E-state index in [1.165, 1.54) is 9.75 Å². The lowest BCUT2D eigenvalue weighted by atomic mass is 9.89. The highest BCUT2D eigenvalue weighted by Gasteiger charge is 2.28. The van der Waals surface area contributed by atoms with E-state index in [-0.39, 0.29) is 11.0 Å². The summed E-state index contributed by atoms with van der Waals surface area (Å²) in [6.45, 7) is 8.77. The molecule has 1 aliphatic rings. The lowest BCUT2D eigenvalue weighted by Gasteiger charge is -2.28. The molecule has 2 aromatic rings. The molecular formula is C18H26N2O4S. The lowest BCUT2D eigenvalue weighted by Crippen LogP contribution is -2.30. The number of piperidine rings is 1. The third kappa shape index (κ3) is 5.57. The van der Waals surface area contributed by atoms with Gasteiger partial charge in [0, 0.05) is 34.7 Å². The fraction of sp³-hybridized carbons (Fsp3) is 0.556. The molecular weight excluding hydrogens is 340 g/mol. The Morgan fingerprint density at radius 2 is 2.04 bits per heavy atom. The molecule has 1 aliphatic heterocycles. The van der Waals surface area contributed by atoms with Crippen molar-refractivity contribution in [1.29, 1.82) is 0 Å². The van der Waals surface area contributed by atoms with Gasteiger partial charge in [0.05, 0.1) is 0 Å². The number of carboxylic acids is 1. The standard InChI is InChI=1S/C16H22N2O2S.C2H4O2/c1-16(2,3)14-5-4-13(21-14)11-8-10(6-7-17-11)12-9-15(19)18-20-12;1-2(3)4/h4-5,9-11,17H,6-8H2,1-3H3,(H,18,19);1H3,(H,3,4)/t10-,11+;/m0./s1. The summed E-state index contributed by atoms with van der Waals surface area (Å²) in [5, 5.41) is 13.4. The lowest BCUT2D eigenvalue weighted by molar-refractivity contribution is -0.134. The molecule has 3 heterocycles. The zero-order valence-corrected chi connectivity index (χ0v) is 15.9. The molecule has 0 spiro atoms. The van der Waals surface area contributed by atoms with Gasteiger partial charge in [0.2, 0.25) is 0 Å². The molecule has 1 saturated heterocycles. The van der Waals surface area contributed by atoms with Gasteiger partial charge in [0.25, 0.3) is 11.5 Å². The van der Waals surface area contributed by atoms with Gasteiger partial charge in [0.15, 0.2) is 0 Å². The number of hydrogen-bond donors (Lipinski definition) is 3. The fourth-order valence-corrected chi connectivity index (χ4v) is 3.99. The van der Waals surface area contributed by atoms with Crippen molar-refractivity contribution in [3.05, 3.63) is 44.1 Å². The van der Waals surface area contributed by atoms with Crippen LogP contribution in [0.2, 0.25) is 0 Å². The van der Waals surface area contributed by atoms with Gasteiger partial charge in [-0.05, 0) is 36.9 Å². The van der Waals surface area contributed by atoms with E-state index in [0.717, 1.165) is 32.1 Å². The first kappa shape index (κ1) is 19.5. The van der Waals surface area contributed by atoms with Crippen LogP contribution < -0.4 is 10.9 Å². The van der Waals surface area contributed by atoms with Crippen molar-refractivity contribution < 1.29 is 14.4 Å². The molecule has 0 aliphatic carbocycles. The first-order valence-corrected chi connectivity index (χ1v) is 9.20. The largest absolute Gasteiger partial charge is 0.481 e. The summed E-state index contributed by atoms with van der Waals surface area (Å²) in [7, 11) is 0. The van der Waals surface area contributed by atoms with E-state index in [2.05, 4.69) is 43.4 Å². The van der Waals surface area contributed by atoms with E-state index in [9.17, 15) is 4.79 Å². The molecule has 0 saturated carbocycles. The average Bonchev–Trinajstić information content (AvgIpc) is 3.15. The molecule has 3 rings (SSSR count). The zero-order valence-electron chi connectivity index (χ0n) is 15.1. The maximum atomic E-state index is 11.2. The zero-order chi connectivity index (χ0) is 18.6. The van der Waals surface area contributed by atoms with Crippen LogP contribution in [0, 0.1) is 0 Å². The predicted octanol–water partition coefficient (Wildman–Crippen LogP) is 3.63. The molecule has 1 fully saturated rings. The van der Waals surface area contributed by atoms with Crippen molar-refractivity contribution in [2.45, 2.75) is 57.9 Å². The molecule has 0 radical (unpaired) electrons. The number of aliphatic carboxylic acids is 1. The second-order valence-electron chi connectivity index (χ2n) is 7.31. The van der Waals surface area contributed by atoms with Crippen LogP contribution in [0.3, 0.4) is 0 Å². The molecule has 2 atom stereocenters. The van der Waals surface area contributed by atoms with Gasteiger partial charge in [-0.25, -0.2) is 0 Å². The van der Waals surface area contributed by atoms with E-state index in [1.54, 1.807) is 6.07 Å². The van der Waals surface area contributed by atoms with Gasteiger partial charge < -0.3 is 14.9 Å². The van der Waals surface area contributed by atoms with Crippen molar-refractivity contribution in [2.24, 2.45) is 0 Å². The Kier molecular flexibility index (Phi) is 6.24. The SMILES string of the molecule is CC(=O)O.CC(C)(C)c1ccc([C@H]2C[C@@H](c3cc(=O)[nH]o3)CCN2)s1. The van der Waals surface area contributed by atoms with Crippen LogP contribution in [0.1, 0.15) is 68.0 Å². The quantitative estimate of drug-likeness (QED) is 0.754. The van der Waals surface area contributed by atoms with Gasteiger partial charge in [-0.2, -0.15) is 5.16 Å². The molecule has 7 heteroatoms. The number of aromatic amines is 1. The minimum Gasteiger partial charge on any atom is -0.481 e. The molecule has 3 N–H and O–H groups in total. The van der Waals surface area contributed by atoms with Crippen molar-refractivity contribution >= 4 is 17.3 Å². The number of aromatic nitrogens is 1. The maximum Gasteiger partial charge on any atom is 0.300 e. The summed E-state index contributed by atoms with van der Waals surface area (Å²) in [6.07, 6.45) is 1.99. The van der Waals surface area contributed by atoms with Gasteiger partial charge in [-0.15, -0.1) is 11.3 Å². The van der Waals surface area contributed by atoms with Crippen molar-refractivity contribution in [3.63, 3.8) is 0 Å². The Labute approximate surface area is 151 Å². The Bertz CT molecular complexity index is 749. The minimum atomic E-state index is -0.833. The number of thiophene rings is 1. The van der Waals surface area contributed by atoms with E-state index < -0.39 is 5.97 Å². The molecule has 25 heavy (non-hydrogen) atoms. The van der Waals surface area contributed by atoms with E-state index in [4.69, 9.17) is 14.4 Å². The van der Waals surface area contributed by atoms with Gasteiger partial charge in [-0.3, -0.25) is 9.59 Å². The molecule has 0 unspecified atom stereocenters. The van der Waals surface area contributed by atoms with Crippen molar-refractivity contribution in [2.75, 3.05) is 6.54 Å². The van der Waals surface area contributed by atoms with Crippen LogP contribution in [0.25, 0.3) is 0 Å². The summed E-state index contributed by atoms with van der Waals surface area (Å²) in [5.41, 5.74) is 0.0518. The topological polar surface area (TPSA) is 95.3 Å². The number of carbonyl (C=O) groups is 1. The maximum absolute atomic E-state index is 11.2. The normalized spacial score (nSPS) is 20.6. The Balaban J connectivity index is 0.000000511. The second-order valence-corrected chi connectivity index (χ2v) is 8.43. The number of carboxylic acid groups (broad SMARTS) is 1. The highest BCUT2D eigenvalue weighted by Crippen LogP contribution is 2.38. The number of hydrogen-bond acceptors (Lipinski definition) is 5. The molecule has 0 amide bonds. The summed E-state index contributed by atoms with van der Waals surface area (Å²) in [4.78, 5) is 23.0. The van der Waals surface area contributed by atoms with Crippen LogP contribution in [-0.4, -0.2) is 22.8 Å². The Morgan fingerprint density at radius 1 is 1.36 bits per heavy atom. The van der Waals surface area contributed by atoms with Crippen LogP contribution in [0.5, 0.6) is 0 Å². The number of nitrogens with one attached hydrogen (secondary N) is 2. The Morgan fingerprint density at radius 3 is 2.56 bits per heavy atom. The monoisotopic (exact) mass is 366 g/mol. The van der Waals surface area contributed by atoms with Crippen LogP contribution in [0.4, 0.5) is 0 Å². The summed E-state index contributed by atoms with van der Waals surface area (Å²) in [6, 6.07) is 6.41. The third-order valence-electron chi connectivity index (χ3n) is 4.06.